The largest absolute Gasteiger partial charge is 0.497 e. The number of aliphatic imine (C=N–C) groups is 1. The van der Waals surface area contributed by atoms with Crippen molar-refractivity contribution in [2.45, 2.75) is 18.6 Å². The predicted molar refractivity (Wildman–Crippen MR) is 134 cm³/mol. The fourth-order valence-corrected chi connectivity index (χ4v) is 3.48. The van der Waals surface area contributed by atoms with Gasteiger partial charge in [-0.05, 0) is 54.1 Å². The number of rotatable bonds is 7. The number of amides is 1. The van der Waals surface area contributed by atoms with Crippen molar-refractivity contribution >= 4 is 40.8 Å². The monoisotopic (exact) mass is 521 g/mol. The summed E-state index contributed by atoms with van der Waals surface area (Å²) in [6, 6.07) is 14.0. The Hall–Kier alpha value is -3.24. The number of methoxy groups -OCH3 is 1. The Kier molecular flexibility index (Phi) is 9.00. The highest BCUT2D eigenvalue weighted by Crippen LogP contribution is 2.21. The summed E-state index contributed by atoms with van der Waals surface area (Å²) in [6.45, 7) is 0. The van der Waals surface area contributed by atoms with Gasteiger partial charge in [-0.1, -0.05) is 35.3 Å². The van der Waals surface area contributed by atoms with Crippen molar-refractivity contribution in [2.75, 3.05) is 12.4 Å². The van der Waals surface area contributed by atoms with Crippen LogP contribution in [0.15, 0.2) is 65.7 Å². The minimum atomic E-state index is -0.860. The molecule has 3 rings (SSSR count). The van der Waals surface area contributed by atoms with Crippen molar-refractivity contribution < 1.29 is 18.3 Å². The first kappa shape index (κ1) is 26.4. The van der Waals surface area contributed by atoms with Crippen LogP contribution in [0.2, 0.25) is 10.0 Å². The number of nitrogens with two attached hydrogens (primary N) is 2. The lowest BCUT2D eigenvalue weighted by Gasteiger charge is -2.18. The van der Waals surface area contributed by atoms with Crippen LogP contribution in [0.4, 0.5) is 14.5 Å². The summed E-state index contributed by atoms with van der Waals surface area (Å²) in [5, 5.41) is 5.30. The first-order valence-electron chi connectivity index (χ1n) is 10.4. The molecule has 6 N–H and O–H groups in total. The van der Waals surface area contributed by atoms with Crippen LogP contribution in [0.1, 0.15) is 28.4 Å². The van der Waals surface area contributed by atoms with E-state index < -0.39 is 29.7 Å². The zero-order chi connectivity index (χ0) is 25.5. The van der Waals surface area contributed by atoms with Gasteiger partial charge in [-0.15, -0.1) is 0 Å². The van der Waals surface area contributed by atoms with E-state index in [1.54, 1.807) is 19.2 Å². The summed E-state index contributed by atoms with van der Waals surface area (Å²) in [5.41, 5.74) is 13.4. The molecule has 0 aliphatic rings. The average Bonchev–Trinajstić information content (AvgIpc) is 2.80. The van der Waals surface area contributed by atoms with Gasteiger partial charge in [0.2, 0.25) is 5.96 Å². The highest BCUT2D eigenvalue weighted by atomic mass is 35.5. The molecule has 7 nitrogen and oxygen atoms in total. The van der Waals surface area contributed by atoms with E-state index in [9.17, 15) is 13.6 Å². The van der Waals surface area contributed by atoms with Gasteiger partial charge in [-0.2, -0.15) is 0 Å². The van der Waals surface area contributed by atoms with Crippen LogP contribution in [0.3, 0.4) is 0 Å². The molecule has 3 aromatic carbocycles. The van der Waals surface area contributed by atoms with Crippen LogP contribution in [-0.2, 0) is 0 Å². The first-order valence-corrected chi connectivity index (χ1v) is 11.1. The molecule has 0 fully saturated rings. The smallest absolute Gasteiger partial charge is 0.258 e. The van der Waals surface area contributed by atoms with Crippen molar-refractivity contribution in [3.63, 3.8) is 0 Å². The molecule has 0 aliphatic carbocycles. The van der Waals surface area contributed by atoms with E-state index in [1.807, 2.05) is 12.1 Å². The van der Waals surface area contributed by atoms with Crippen molar-refractivity contribution in [1.82, 2.24) is 5.32 Å². The van der Waals surface area contributed by atoms with E-state index in [4.69, 9.17) is 39.4 Å². The summed E-state index contributed by atoms with van der Waals surface area (Å²) in [7, 11) is 1.56. The van der Waals surface area contributed by atoms with Crippen LogP contribution in [-0.4, -0.2) is 25.1 Å². The molecule has 0 radical (unpaired) electrons. The average molecular weight is 522 g/mol. The molecule has 35 heavy (non-hydrogen) atoms. The molecule has 2 unspecified atom stereocenters. The third-order valence-corrected chi connectivity index (χ3v) is 5.40. The SMILES string of the molecule is COc1ccc(C(N)CC(N)N=C(NC(=O)c2ccc(Cl)c(F)c2)Nc2cc(F)cc(Cl)c2)cc1. The Morgan fingerprint density at radius 3 is 2.40 bits per heavy atom. The quantitative estimate of drug-likeness (QED) is 0.262. The number of benzene rings is 3. The number of hydrogen-bond donors (Lipinski definition) is 4. The molecule has 1 amide bonds. The molecule has 0 saturated heterocycles. The molecular weight excluding hydrogens is 499 g/mol. The van der Waals surface area contributed by atoms with Gasteiger partial charge in [0, 0.05) is 28.7 Å². The van der Waals surface area contributed by atoms with Crippen LogP contribution < -0.4 is 26.8 Å². The maximum atomic E-state index is 13.8. The number of nitrogens with zero attached hydrogens (tertiary/aromatic N) is 1. The Balaban J connectivity index is 1.82. The molecule has 0 bridgehead atoms. The number of anilines is 1. The summed E-state index contributed by atoms with van der Waals surface area (Å²) in [6.07, 6.45) is -0.645. The highest BCUT2D eigenvalue weighted by molar-refractivity contribution is 6.31. The Morgan fingerprint density at radius 2 is 1.77 bits per heavy atom. The predicted octanol–water partition coefficient (Wildman–Crippen LogP) is 4.85. The summed E-state index contributed by atoms with van der Waals surface area (Å²) in [5.74, 6) is -1.48. The van der Waals surface area contributed by atoms with E-state index in [0.717, 1.165) is 23.8 Å². The second-order valence-corrected chi connectivity index (χ2v) is 8.37. The molecule has 0 saturated carbocycles. The number of guanidine groups is 1. The molecule has 3 aromatic rings. The fraction of sp³-hybridized carbons (Fsp3) is 0.167. The highest BCUT2D eigenvalue weighted by Gasteiger charge is 2.16. The third kappa shape index (κ3) is 7.63. The molecule has 0 spiro atoms. The lowest BCUT2D eigenvalue weighted by atomic mass is 10.0. The maximum absolute atomic E-state index is 13.8. The van der Waals surface area contributed by atoms with E-state index in [0.29, 0.717) is 5.75 Å². The van der Waals surface area contributed by atoms with Crippen LogP contribution >= 0.6 is 23.2 Å². The lowest BCUT2D eigenvalue weighted by Crippen LogP contribution is -2.38. The van der Waals surface area contributed by atoms with E-state index in [2.05, 4.69) is 15.6 Å². The second-order valence-electron chi connectivity index (χ2n) is 7.53. The molecule has 0 aromatic heterocycles. The zero-order valence-electron chi connectivity index (χ0n) is 18.6. The third-order valence-electron chi connectivity index (χ3n) is 4.87. The normalized spacial score (nSPS) is 13.2. The Labute approximate surface area is 211 Å². The molecule has 11 heteroatoms. The van der Waals surface area contributed by atoms with Crippen LogP contribution in [0.25, 0.3) is 0 Å². The van der Waals surface area contributed by atoms with Gasteiger partial charge < -0.3 is 21.5 Å². The molecule has 2 atom stereocenters. The molecule has 0 aliphatic heterocycles. The van der Waals surface area contributed by atoms with Gasteiger partial charge in [0.15, 0.2) is 0 Å². The van der Waals surface area contributed by atoms with Crippen LogP contribution in [0.5, 0.6) is 5.75 Å². The minimum absolute atomic E-state index is 0.0119. The molecular formula is C24H23Cl2F2N5O2. The van der Waals surface area contributed by atoms with E-state index in [1.165, 1.54) is 18.2 Å². The van der Waals surface area contributed by atoms with Gasteiger partial charge >= 0.3 is 0 Å². The Bertz CT molecular complexity index is 1200. The summed E-state index contributed by atoms with van der Waals surface area (Å²) < 4.78 is 32.8. The molecule has 0 heterocycles. The first-order chi connectivity index (χ1) is 16.6. The van der Waals surface area contributed by atoms with Gasteiger partial charge in [0.05, 0.1) is 12.1 Å². The summed E-state index contributed by atoms with van der Waals surface area (Å²) in [4.78, 5) is 17.0. The Morgan fingerprint density at radius 1 is 1.06 bits per heavy atom. The summed E-state index contributed by atoms with van der Waals surface area (Å²) >= 11 is 11.6. The number of nitrogens with one attached hydrogen (secondary N) is 2. The van der Waals surface area contributed by atoms with E-state index in [-0.39, 0.29) is 33.7 Å². The van der Waals surface area contributed by atoms with Crippen molar-refractivity contribution in [3.8, 4) is 5.75 Å². The number of ether oxygens (including phenoxy) is 1. The van der Waals surface area contributed by atoms with Gasteiger partial charge in [0.25, 0.3) is 5.91 Å². The van der Waals surface area contributed by atoms with Gasteiger partial charge in [0.1, 0.15) is 23.5 Å². The number of hydrogen-bond acceptors (Lipinski definition) is 5. The second kappa shape index (κ2) is 11.9. The van der Waals surface area contributed by atoms with Crippen LogP contribution in [0, 0.1) is 11.6 Å². The number of carbonyl (C=O) groups excluding carboxylic acids is 1. The van der Waals surface area contributed by atoms with E-state index >= 15 is 0 Å². The fourth-order valence-electron chi connectivity index (χ4n) is 3.14. The molecule has 184 valence electrons. The number of halogens is 4. The topological polar surface area (TPSA) is 115 Å². The standard InChI is InChI=1S/C24H23Cl2F2N5O2/c1-35-18-5-2-13(3-6-18)21(29)12-22(30)32-24(31-17-10-15(25)9-16(27)11-17)33-23(34)14-4-7-19(26)20(28)8-14/h2-11,21-22H,12,29-30H2,1H3,(H2,31,32,33,34). The van der Waals surface area contributed by atoms with Crippen molar-refractivity contribution in [2.24, 2.45) is 16.5 Å². The van der Waals surface area contributed by atoms with Gasteiger partial charge in [-0.25, -0.2) is 13.8 Å². The maximum Gasteiger partial charge on any atom is 0.258 e. The number of carbonyl (C=O) groups is 1. The van der Waals surface area contributed by atoms with Crippen molar-refractivity contribution in [1.29, 1.82) is 0 Å². The van der Waals surface area contributed by atoms with Gasteiger partial charge in [-0.3, -0.25) is 10.1 Å². The minimum Gasteiger partial charge on any atom is -0.497 e. The lowest BCUT2D eigenvalue weighted by molar-refractivity contribution is 0.0976. The van der Waals surface area contributed by atoms with Crippen molar-refractivity contribution in [3.05, 3.63) is 93.5 Å². The zero-order valence-corrected chi connectivity index (χ0v) is 20.1.